The zero-order valence-corrected chi connectivity index (χ0v) is 17.5. The molecule has 0 spiro atoms. The first-order valence-corrected chi connectivity index (χ1v) is 9.92. The van der Waals surface area contributed by atoms with Gasteiger partial charge in [-0.15, -0.1) is 0 Å². The number of carbonyl (C=O) groups excluding carboxylic acids is 1. The van der Waals surface area contributed by atoms with Crippen LogP contribution in [0.5, 0.6) is 0 Å². The molecule has 0 aliphatic carbocycles. The van der Waals surface area contributed by atoms with Crippen LogP contribution in [0.25, 0.3) is 22.3 Å². The summed E-state index contributed by atoms with van der Waals surface area (Å²) in [5.74, 6) is 0.277. The first kappa shape index (κ1) is 19.2. The summed E-state index contributed by atoms with van der Waals surface area (Å²) in [5.41, 5.74) is 4.44. The standard InChI is InChI=1S/C24H18BrNO3/c1-14-11-15(2)23-20(12-14)21(27)13-22(29-23)16-3-5-17(6-4-16)24(28)26-19-9-7-18(25)8-10-19/h3-13H,1-2H3,(H,26,28). The van der Waals surface area contributed by atoms with Crippen LogP contribution in [-0.2, 0) is 0 Å². The zero-order chi connectivity index (χ0) is 20.5. The van der Waals surface area contributed by atoms with Crippen LogP contribution in [0.1, 0.15) is 21.5 Å². The van der Waals surface area contributed by atoms with Crippen molar-refractivity contribution < 1.29 is 9.21 Å². The van der Waals surface area contributed by atoms with Crippen LogP contribution in [-0.4, -0.2) is 5.91 Å². The van der Waals surface area contributed by atoms with E-state index in [0.717, 1.165) is 21.2 Å². The van der Waals surface area contributed by atoms with Gasteiger partial charge in [0.1, 0.15) is 11.3 Å². The molecule has 0 bridgehead atoms. The van der Waals surface area contributed by atoms with Crippen LogP contribution in [0.15, 0.2) is 80.4 Å². The molecule has 0 saturated heterocycles. The third-order valence-corrected chi connectivity index (χ3v) is 5.22. The molecule has 1 aromatic heterocycles. The molecule has 4 aromatic rings. The minimum Gasteiger partial charge on any atom is -0.456 e. The van der Waals surface area contributed by atoms with E-state index in [4.69, 9.17) is 4.42 Å². The quantitative estimate of drug-likeness (QED) is 0.413. The average molecular weight is 448 g/mol. The Kier molecular flexibility index (Phi) is 5.07. The molecule has 0 atom stereocenters. The Bertz CT molecular complexity index is 1270. The van der Waals surface area contributed by atoms with Crippen LogP contribution in [0.3, 0.4) is 0 Å². The van der Waals surface area contributed by atoms with Crippen molar-refractivity contribution in [3.63, 3.8) is 0 Å². The number of halogens is 1. The first-order chi connectivity index (χ1) is 13.9. The first-order valence-electron chi connectivity index (χ1n) is 9.13. The molecule has 0 aliphatic heterocycles. The fraction of sp³-hybridized carbons (Fsp3) is 0.0833. The van der Waals surface area contributed by atoms with E-state index in [1.807, 2.05) is 50.2 Å². The molecule has 29 heavy (non-hydrogen) atoms. The number of anilines is 1. The second-order valence-corrected chi connectivity index (χ2v) is 7.89. The van der Waals surface area contributed by atoms with E-state index >= 15 is 0 Å². The van der Waals surface area contributed by atoms with E-state index in [0.29, 0.717) is 28.0 Å². The lowest BCUT2D eigenvalue weighted by Gasteiger charge is -2.08. The highest BCUT2D eigenvalue weighted by Gasteiger charge is 2.11. The number of fused-ring (bicyclic) bond motifs is 1. The highest BCUT2D eigenvalue weighted by Crippen LogP contribution is 2.25. The Labute approximate surface area is 176 Å². The summed E-state index contributed by atoms with van der Waals surface area (Å²) in [6.07, 6.45) is 0. The molecule has 1 heterocycles. The number of aryl methyl sites for hydroxylation is 2. The maximum atomic E-state index is 12.6. The van der Waals surface area contributed by atoms with E-state index in [9.17, 15) is 9.59 Å². The van der Waals surface area contributed by atoms with E-state index in [1.165, 1.54) is 6.07 Å². The summed E-state index contributed by atoms with van der Waals surface area (Å²) in [4.78, 5) is 25.0. The van der Waals surface area contributed by atoms with Crippen molar-refractivity contribution in [2.45, 2.75) is 13.8 Å². The van der Waals surface area contributed by atoms with Gasteiger partial charge >= 0.3 is 0 Å². The molecule has 4 rings (SSSR count). The third-order valence-electron chi connectivity index (χ3n) is 4.69. The number of hydrogen-bond acceptors (Lipinski definition) is 3. The van der Waals surface area contributed by atoms with Gasteiger partial charge in [-0.1, -0.05) is 34.1 Å². The van der Waals surface area contributed by atoms with Gasteiger partial charge in [0.2, 0.25) is 0 Å². The van der Waals surface area contributed by atoms with Gasteiger partial charge in [-0.05, 0) is 67.4 Å². The second kappa shape index (κ2) is 7.68. The van der Waals surface area contributed by atoms with E-state index in [1.54, 1.807) is 24.3 Å². The summed E-state index contributed by atoms with van der Waals surface area (Å²) in [6, 6.07) is 19.7. The molecule has 144 valence electrons. The topological polar surface area (TPSA) is 59.3 Å². The Morgan fingerprint density at radius 2 is 1.62 bits per heavy atom. The number of amides is 1. The predicted molar refractivity (Wildman–Crippen MR) is 119 cm³/mol. The normalized spacial score (nSPS) is 10.9. The van der Waals surface area contributed by atoms with Crippen molar-refractivity contribution >= 4 is 38.5 Å². The van der Waals surface area contributed by atoms with Crippen molar-refractivity contribution in [3.8, 4) is 11.3 Å². The van der Waals surface area contributed by atoms with Gasteiger partial charge in [0, 0.05) is 27.4 Å². The minimum absolute atomic E-state index is 0.0786. The van der Waals surface area contributed by atoms with Gasteiger partial charge in [0.15, 0.2) is 5.43 Å². The Balaban J connectivity index is 1.63. The van der Waals surface area contributed by atoms with Gasteiger partial charge in [0.05, 0.1) is 5.39 Å². The summed E-state index contributed by atoms with van der Waals surface area (Å²) >= 11 is 3.37. The monoisotopic (exact) mass is 447 g/mol. The van der Waals surface area contributed by atoms with E-state index < -0.39 is 0 Å². The third kappa shape index (κ3) is 4.00. The van der Waals surface area contributed by atoms with Crippen LogP contribution >= 0.6 is 15.9 Å². The van der Waals surface area contributed by atoms with Gasteiger partial charge < -0.3 is 9.73 Å². The van der Waals surface area contributed by atoms with Crippen molar-refractivity contribution in [2.24, 2.45) is 0 Å². The molecule has 4 nitrogen and oxygen atoms in total. The van der Waals surface area contributed by atoms with E-state index in [2.05, 4.69) is 21.2 Å². The number of nitrogens with one attached hydrogen (secondary N) is 1. The maximum Gasteiger partial charge on any atom is 0.255 e. The van der Waals surface area contributed by atoms with Crippen molar-refractivity contribution in [1.29, 1.82) is 0 Å². The predicted octanol–water partition coefficient (Wildman–Crippen LogP) is 6.09. The Morgan fingerprint density at radius 3 is 2.31 bits per heavy atom. The second-order valence-electron chi connectivity index (χ2n) is 6.97. The van der Waals surface area contributed by atoms with Crippen molar-refractivity contribution in [3.05, 3.63) is 98.1 Å². The lowest BCUT2D eigenvalue weighted by Crippen LogP contribution is -2.11. The molecule has 0 fully saturated rings. The summed E-state index contributed by atoms with van der Waals surface area (Å²) in [6.45, 7) is 3.88. The minimum atomic E-state index is -0.204. The Morgan fingerprint density at radius 1 is 0.931 bits per heavy atom. The number of carbonyl (C=O) groups is 1. The summed E-state index contributed by atoms with van der Waals surface area (Å²) < 4.78 is 6.96. The lowest BCUT2D eigenvalue weighted by molar-refractivity contribution is 0.102. The van der Waals surface area contributed by atoms with Crippen molar-refractivity contribution in [2.75, 3.05) is 5.32 Å². The van der Waals surface area contributed by atoms with Crippen LogP contribution < -0.4 is 10.7 Å². The molecule has 0 unspecified atom stereocenters. The zero-order valence-electron chi connectivity index (χ0n) is 16.0. The molecule has 0 saturated carbocycles. The maximum absolute atomic E-state index is 12.6. The molecular weight excluding hydrogens is 430 g/mol. The summed E-state index contributed by atoms with van der Waals surface area (Å²) in [7, 11) is 0. The molecule has 1 amide bonds. The molecular formula is C24H18BrNO3. The SMILES string of the molecule is Cc1cc(C)c2oc(-c3ccc(C(=O)Nc4ccc(Br)cc4)cc3)cc(=O)c2c1. The fourth-order valence-corrected chi connectivity index (χ4v) is 3.54. The molecule has 0 radical (unpaired) electrons. The summed E-state index contributed by atoms with van der Waals surface area (Å²) in [5, 5.41) is 3.44. The highest BCUT2D eigenvalue weighted by molar-refractivity contribution is 9.10. The lowest BCUT2D eigenvalue weighted by atomic mass is 10.1. The number of benzene rings is 3. The largest absolute Gasteiger partial charge is 0.456 e. The number of hydrogen-bond donors (Lipinski definition) is 1. The van der Waals surface area contributed by atoms with Crippen LogP contribution in [0.4, 0.5) is 5.69 Å². The smallest absolute Gasteiger partial charge is 0.255 e. The fourth-order valence-electron chi connectivity index (χ4n) is 3.27. The highest BCUT2D eigenvalue weighted by atomic mass is 79.9. The molecule has 0 aliphatic rings. The molecule has 1 N–H and O–H groups in total. The van der Waals surface area contributed by atoms with E-state index in [-0.39, 0.29) is 11.3 Å². The van der Waals surface area contributed by atoms with Gasteiger partial charge in [-0.25, -0.2) is 0 Å². The van der Waals surface area contributed by atoms with Crippen molar-refractivity contribution in [1.82, 2.24) is 0 Å². The molecule has 3 aromatic carbocycles. The van der Waals surface area contributed by atoms with Gasteiger partial charge in [-0.2, -0.15) is 0 Å². The van der Waals surface area contributed by atoms with Gasteiger partial charge in [0.25, 0.3) is 5.91 Å². The van der Waals surface area contributed by atoms with Crippen LogP contribution in [0, 0.1) is 13.8 Å². The Hall–Kier alpha value is -3.18. The van der Waals surface area contributed by atoms with Crippen LogP contribution in [0.2, 0.25) is 0 Å². The molecule has 5 heteroatoms. The van der Waals surface area contributed by atoms with Gasteiger partial charge in [-0.3, -0.25) is 9.59 Å². The average Bonchev–Trinajstić information content (AvgIpc) is 2.70. The number of rotatable bonds is 3.